The fraction of sp³-hybridized carbons (Fsp3) is 0.923. The van der Waals surface area contributed by atoms with Gasteiger partial charge in [-0.05, 0) is 32.2 Å². The Balaban J connectivity index is 2.11. The molecule has 4 N–H and O–H groups in total. The van der Waals surface area contributed by atoms with Crippen molar-refractivity contribution in [3.05, 3.63) is 0 Å². The number of nitrogens with zero attached hydrogens (tertiary/aromatic N) is 1. The van der Waals surface area contributed by atoms with Crippen LogP contribution in [0.5, 0.6) is 0 Å². The summed E-state index contributed by atoms with van der Waals surface area (Å²) in [5.74, 6) is 4.94. The summed E-state index contributed by atoms with van der Waals surface area (Å²) in [6.45, 7) is 2.06. The molecule has 1 aliphatic rings. The molecule has 5 nitrogen and oxygen atoms in total. The molecule has 0 aromatic rings. The Kier molecular flexibility index (Phi) is 7.96. The molecule has 1 fully saturated rings. The first-order valence-electron chi connectivity index (χ1n) is 7.12. The van der Waals surface area contributed by atoms with Crippen LogP contribution in [0, 0.1) is 0 Å². The second-order valence-electron chi connectivity index (χ2n) is 5.08. The van der Waals surface area contributed by atoms with Crippen LogP contribution in [0.3, 0.4) is 0 Å². The quantitative estimate of drug-likeness (QED) is 0.247. The van der Waals surface area contributed by atoms with Crippen LogP contribution in [0.4, 0.5) is 0 Å². The van der Waals surface area contributed by atoms with Gasteiger partial charge in [-0.3, -0.25) is 15.1 Å². The summed E-state index contributed by atoms with van der Waals surface area (Å²) < 4.78 is 0. The molecule has 0 saturated heterocycles. The van der Waals surface area contributed by atoms with Crippen molar-refractivity contribution in [1.29, 1.82) is 0 Å². The maximum atomic E-state index is 10.9. The summed E-state index contributed by atoms with van der Waals surface area (Å²) in [5.41, 5.74) is 2.15. The van der Waals surface area contributed by atoms with Gasteiger partial charge in [0.15, 0.2) is 0 Å². The molecule has 0 bridgehead atoms. The van der Waals surface area contributed by atoms with Crippen LogP contribution in [-0.2, 0) is 4.79 Å². The van der Waals surface area contributed by atoms with Crippen molar-refractivity contribution in [2.75, 3.05) is 19.7 Å². The van der Waals surface area contributed by atoms with Gasteiger partial charge >= 0.3 is 0 Å². The van der Waals surface area contributed by atoms with E-state index in [-0.39, 0.29) is 12.5 Å². The van der Waals surface area contributed by atoms with Crippen LogP contribution in [0.1, 0.15) is 51.4 Å². The molecule has 1 amide bonds. The maximum absolute atomic E-state index is 10.9. The van der Waals surface area contributed by atoms with Gasteiger partial charge in [0.05, 0.1) is 6.61 Å². The summed E-state index contributed by atoms with van der Waals surface area (Å²) in [6, 6.07) is 0.671. The van der Waals surface area contributed by atoms with E-state index >= 15 is 0 Å². The zero-order valence-electron chi connectivity index (χ0n) is 11.2. The van der Waals surface area contributed by atoms with Crippen molar-refractivity contribution in [2.24, 2.45) is 5.84 Å². The van der Waals surface area contributed by atoms with Gasteiger partial charge in [0.2, 0.25) is 5.91 Å². The highest BCUT2D eigenvalue weighted by Gasteiger charge is 2.21. The molecule has 1 aliphatic carbocycles. The summed E-state index contributed by atoms with van der Waals surface area (Å²) in [5, 5.41) is 9.10. The van der Waals surface area contributed by atoms with E-state index in [1.807, 2.05) is 0 Å². The number of aliphatic hydroxyl groups excluding tert-OH is 1. The molecule has 18 heavy (non-hydrogen) atoms. The van der Waals surface area contributed by atoms with Crippen molar-refractivity contribution in [3.8, 4) is 0 Å². The third kappa shape index (κ3) is 5.80. The molecular formula is C13H27N3O2. The number of rotatable bonds is 9. The summed E-state index contributed by atoms with van der Waals surface area (Å²) >= 11 is 0. The Hall–Kier alpha value is -0.650. The molecule has 0 aromatic carbocycles. The highest BCUT2D eigenvalue weighted by atomic mass is 16.3. The first kappa shape index (κ1) is 15.4. The third-order valence-corrected chi connectivity index (χ3v) is 3.74. The first-order chi connectivity index (χ1) is 8.77. The lowest BCUT2D eigenvalue weighted by atomic mass is 10.1. The van der Waals surface area contributed by atoms with Crippen LogP contribution in [0.25, 0.3) is 0 Å². The topological polar surface area (TPSA) is 78.6 Å². The number of nitrogens with one attached hydrogen (secondary N) is 1. The van der Waals surface area contributed by atoms with E-state index < -0.39 is 0 Å². The van der Waals surface area contributed by atoms with Gasteiger partial charge in [-0.15, -0.1) is 0 Å². The second kappa shape index (κ2) is 9.30. The van der Waals surface area contributed by atoms with Gasteiger partial charge in [-0.25, -0.2) is 5.84 Å². The van der Waals surface area contributed by atoms with E-state index in [0.29, 0.717) is 12.5 Å². The normalized spacial score (nSPS) is 16.4. The molecule has 5 heteroatoms. The average Bonchev–Trinajstić information content (AvgIpc) is 2.90. The fourth-order valence-electron chi connectivity index (χ4n) is 2.72. The number of hydrogen-bond donors (Lipinski definition) is 3. The number of amides is 1. The standard InChI is InChI=1S/C13H27N3O2/c14-15-13(18)8-2-1-5-9-16(10-11-17)12-6-3-4-7-12/h12,17H,1-11,14H2,(H,15,18). The van der Waals surface area contributed by atoms with E-state index in [0.717, 1.165) is 32.4 Å². The van der Waals surface area contributed by atoms with Crippen LogP contribution >= 0.6 is 0 Å². The molecule has 1 saturated carbocycles. The van der Waals surface area contributed by atoms with Crippen molar-refractivity contribution in [3.63, 3.8) is 0 Å². The molecule has 0 radical (unpaired) electrons. The maximum Gasteiger partial charge on any atom is 0.233 e. The largest absolute Gasteiger partial charge is 0.395 e. The lowest BCUT2D eigenvalue weighted by Crippen LogP contribution is -2.36. The number of carbonyl (C=O) groups excluding carboxylic acids is 1. The van der Waals surface area contributed by atoms with Gasteiger partial charge in [0.25, 0.3) is 0 Å². The van der Waals surface area contributed by atoms with Crippen molar-refractivity contribution in [1.82, 2.24) is 10.3 Å². The van der Waals surface area contributed by atoms with Crippen LogP contribution < -0.4 is 11.3 Å². The van der Waals surface area contributed by atoms with Gasteiger partial charge in [-0.1, -0.05) is 19.3 Å². The molecule has 0 heterocycles. The zero-order chi connectivity index (χ0) is 13.2. The van der Waals surface area contributed by atoms with E-state index in [1.54, 1.807) is 0 Å². The SMILES string of the molecule is NNC(=O)CCCCCN(CCO)C1CCCC1. The smallest absolute Gasteiger partial charge is 0.233 e. The number of unbranched alkanes of at least 4 members (excludes halogenated alkanes) is 2. The molecule has 0 unspecified atom stereocenters. The molecule has 0 aliphatic heterocycles. The highest BCUT2D eigenvalue weighted by Crippen LogP contribution is 2.23. The lowest BCUT2D eigenvalue weighted by molar-refractivity contribution is -0.121. The van der Waals surface area contributed by atoms with Crippen LogP contribution in [0.15, 0.2) is 0 Å². The minimum Gasteiger partial charge on any atom is -0.395 e. The van der Waals surface area contributed by atoms with E-state index in [1.165, 1.54) is 25.7 Å². The molecule has 0 atom stereocenters. The third-order valence-electron chi connectivity index (χ3n) is 3.74. The Labute approximate surface area is 110 Å². The Bertz CT molecular complexity index is 230. The summed E-state index contributed by atoms with van der Waals surface area (Å²) in [4.78, 5) is 13.4. The fourth-order valence-corrected chi connectivity index (χ4v) is 2.72. The van der Waals surface area contributed by atoms with E-state index in [9.17, 15) is 4.79 Å². The Morgan fingerprint density at radius 2 is 1.94 bits per heavy atom. The zero-order valence-corrected chi connectivity index (χ0v) is 11.2. The van der Waals surface area contributed by atoms with Crippen LogP contribution in [0.2, 0.25) is 0 Å². The predicted octanol–water partition coefficient (Wildman–Crippen LogP) is 0.774. The number of carbonyl (C=O) groups is 1. The Morgan fingerprint density at radius 1 is 1.22 bits per heavy atom. The van der Waals surface area contributed by atoms with Crippen molar-refractivity contribution < 1.29 is 9.90 Å². The number of aliphatic hydroxyl groups is 1. The number of nitrogens with two attached hydrogens (primary N) is 1. The van der Waals surface area contributed by atoms with Gasteiger partial charge in [0.1, 0.15) is 0 Å². The molecular weight excluding hydrogens is 230 g/mol. The van der Waals surface area contributed by atoms with E-state index in [4.69, 9.17) is 10.9 Å². The minimum absolute atomic E-state index is 0.0852. The first-order valence-corrected chi connectivity index (χ1v) is 7.12. The number of hydrogen-bond acceptors (Lipinski definition) is 4. The molecule has 106 valence electrons. The molecule has 0 aromatic heterocycles. The van der Waals surface area contributed by atoms with E-state index in [2.05, 4.69) is 10.3 Å². The monoisotopic (exact) mass is 257 g/mol. The van der Waals surface area contributed by atoms with Crippen LogP contribution in [-0.4, -0.2) is 41.7 Å². The lowest BCUT2D eigenvalue weighted by Gasteiger charge is -2.28. The van der Waals surface area contributed by atoms with Gasteiger partial charge < -0.3 is 5.11 Å². The average molecular weight is 257 g/mol. The molecule has 0 spiro atoms. The number of hydrazine groups is 1. The summed E-state index contributed by atoms with van der Waals surface area (Å²) in [7, 11) is 0. The second-order valence-corrected chi connectivity index (χ2v) is 5.08. The van der Waals surface area contributed by atoms with Gasteiger partial charge in [-0.2, -0.15) is 0 Å². The molecule has 1 rings (SSSR count). The predicted molar refractivity (Wildman–Crippen MR) is 71.7 cm³/mol. The minimum atomic E-state index is -0.0852. The summed E-state index contributed by atoms with van der Waals surface area (Å²) in [6.07, 6.45) is 8.73. The Morgan fingerprint density at radius 3 is 2.56 bits per heavy atom. The van der Waals surface area contributed by atoms with Gasteiger partial charge in [0, 0.05) is 19.0 Å². The highest BCUT2D eigenvalue weighted by molar-refractivity contribution is 5.74. The van der Waals surface area contributed by atoms with Crippen molar-refractivity contribution >= 4 is 5.91 Å². The van der Waals surface area contributed by atoms with Crippen molar-refractivity contribution in [2.45, 2.75) is 57.4 Å².